The van der Waals surface area contributed by atoms with E-state index >= 15 is 0 Å². The minimum Gasteiger partial charge on any atom is -0.481 e. The van der Waals surface area contributed by atoms with Gasteiger partial charge in [-0.2, -0.15) is 5.10 Å². The van der Waals surface area contributed by atoms with E-state index < -0.39 is 17.8 Å². The summed E-state index contributed by atoms with van der Waals surface area (Å²) in [6.45, 7) is 1.35. The molecule has 1 fully saturated rings. The van der Waals surface area contributed by atoms with Gasteiger partial charge in [-0.15, -0.1) is 0 Å². The molecule has 1 aliphatic rings. The van der Waals surface area contributed by atoms with E-state index in [9.17, 15) is 9.59 Å². The smallest absolute Gasteiger partial charge is 0.315 e. The number of nitrogens with one attached hydrogen (secondary N) is 2. The number of hydrogen-bond acceptors (Lipinski definition) is 3. The van der Waals surface area contributed by atoms with Gasteiger partial charge in [-0.1, -0.05) is 32.1 Å². The highest BCUT2D eigenvalue weighted by atomic mass is 16.4. The van der Waals surface area contributed by atoms with Crippen molar-refractivity contribution in [3.8, 4) is 0 Å². The van der Waals surface area contributed by atoms with Crippen LogP contribution < -0.4 is 5.32 Å². The van der Waals surface area contributed by atoms with Crippen molar-refractivity contribution in [3.05, 3.63) is 11.8 Å². The number of aromatic nitrogens is 2. The Balaban J connectivity index is 1.88. The van der Waals surface area contributed by atoms with Crippen LogP contribution in [0, 0.1) is 11.8 Å². The van der Waals surface area contributed by atoms with E-state index in [-0.39, 0.29) is 0 Å². The Morgan fingerprint density at radius 3 is 2.80 bits per heavy atom. The first-order valence-electron chi connectivity index (χ1n) is 7.14. The standard InChI is InChI=1S/C14H21N3O3/c1-9(14(19)20)13(18)15-12-8-11(16-17-12)7-10-5-3-2-4-6-10/h8-10H,2-7H2,1H3,(H,19,20)(H2,15,16,17,18). The van der Waals surface area contributed by atoms with Crippen molar-refractivity contribution in [2.45, 2.75) is 45.4 Å². The molecule has 0 bridgehead atoms. The average Bonchev–Trinajstić information content (AvgIpc) is 2.86. The summed E-state index contributed by atoms with van der Waals surface area (Å²) in [6, 6.07) is 1.79. The van der Waals surface area contributed by atoms with E-state index in [0.717, 1.165) is 12.1 Å². The fourth-order valence-corrected chi connectivity index (χ4v) is 2.58. The molecule has 6 nitrogen and oxygen atoms in total. The van der Waals surface area contributed by atoms with E-state index in [1.807, 2.05) is 0 Å². The van der Waals surface area contributed by atoms with Crippen molar-refractivity contribution in [2.75, 3.05) is 5.32 Å². The summed E-state index contributed by atoms with van der Waals surface area (Å²) >= 11 is 0. The summed E-state index contributed by atoms with van der Waals surface area (Å²) in [5, 5.41) is 18.2. The molecule has 110 valence electrons. The van der Waals surface area contributed by atoms with Gasteiger partial charge in [0.1, 0.15) is 5.92 Å². The molecule has 6 heteroatoms. The number of nitrogens with zero attached hydrogens (tertiary/aromatic N) is 1. The number of carbonyl (C=O) groups is 2. The van der Waals surface area contributed by atoms with Gasteiger partial charge < -0.3 is 10.4 Å². The third-order valence-electron chi connectivity index (χ3n) is 3.88. The molecule has 1 aromatic heterocycles. The van der Waals surface area contributed by atoms with E-state index in [0.29, 0.717) is 11.7 Å². The molecular weight excluding hydrogens is 258 g/mol. The molecule has 1 heterocycles. The monoisotopic (exact) mass is 279 g/mol. The van der Waals surface area contributed by atoms with Crippen LogP contribution in [0.3, 0.4) is 0 Å². The maximum Gasteiger partial charge on any atom is 0.315 e. The highest BCUT2D eigenvalue weighted by Crippen LogP contribution is 2.26. The van der Waals surface area contributed by atoms with Crippen LogP contribution in [0.15, 0.2) is 6.07 Å². The lowest BCUT2D eigenvalue weighted by atomic mass is 9.86. The molecule has 0 spiro atoms. The van der Waals surface area contributed by atoms with Crippen LogP contribution in [0.5, 0.6) is 0 Å². The predicted octanol–water partition coefficient (Wildman–Crippen LogP) is 2.19. The third kappa shape index (κ3) is 3.82. The molecule has 0 radical (unpaired) electrons. The Bertz CT molecular complexity index is 478. The Morgan fingerprint density at radius 1 is 1.45 bits per heavy atom. The van der Waals surface area contributed by atoms with Crippen LogP contribution in [0.2, 0.25) is 0 Å². The fraction of sp³-hybridized carbons (Fsp3) is 0.643. The zero-order chi connectivity index (χ0) is 14.5. The normalized spacial score (nSPS) is 17.6. The van der Waals surface area contributed by atoms with Gasteiger partial charge in [0.15, 0.2) is 5.82 Å². The maximum atomic E-state index is 11.6. The van der Waals surface area contributed by atoms with Gasteiger partial charge >= 0.3 is 5.97 Å². The molecule has 1 aliphatic carbocycles. The van der Waals surface area contributed by atoms with Crippen LogP contribution in [0.25, 0.3) is 0 Å². The number of carboxylic acid groups (broad SMARTS) is 1. The first-order chi connectivity index (χ1) is 9.56. The number of carboxylic acids is 1. The van der Waals surface area contributed by atoms with Crippen LogP contribution in [0.1, 0.15) is 44.7 Å². The van der Waals surface area contributed by atoms with Gasteiger partial charge in [0.2, 0.25) is 5.91 Å². The first kappa shape index (κ1) is 14.6. The summed E-state index contributed by atoms with van der Waals surface area (Å²) in [5.74, 6) is -1.68. The van der Waals surface area contributed by atoms with Crippen molar-refractivity contribution in [1.82, 2.24) is 10.2 Å². The van der Waals surface area contributed by atoms with Crippen molar-refractivity contribution >= 4 is 17.7 Å². The molecule has 1 amide bonds. The van der Waals surface area contributed by atoms with Gasteiger partial charge in [-0.3, -0.25) is 14.7 Å². The maximum absolute atomic E-state index is 11.6. The molecule has 1 unspecified atom stereocenters. The lowest BCUT2D eigenvalue weighted by molar-refractivity contribution is -0.144. The van der Waals surface area contributed by atoms with Gasteiger partial charge in [0.25, 0.3) is 0 Å². The predicted molar refractivity (Wildman–Crippen MR) is 74.3 cm³/mol. The van der Waals surface area contributed by atoms with Crippen molar-refractivity contribution in [1.29, 1.82) is 0 Å². The van der Waals surface area contributed by atoms with Crippen LogP contribution in [0.4, 0.5) is 5.82 Å². The molecule has 0 saturated heterocycles. The molecule has 1 atom stereocenters. The molecular formula is C14H21N3O3. The number of carbonyl (C=O) groups excluding carboxylic acids is 1. The number of hydrogen-bond donors (Lipinski definition) is 3. The molecule has 0 aliphatic heterocycles. The number of rotatable bonds is 5. The fourth-order valence-electron chi connectivity index (χ4n) is 2.58. The van der Waals surface area contributed by atoms with Gasteiger partial charge in [-0.05, 0) is 19.3 Å². The molecule has 1 saturated carbocycles. The topological polar surface area (TPSA) is 95.1 Å². The average molecular weight is 279 g/mol. The van der Waals surface area contributed by atoms with Gasteiger partial charge in [0, 0.05) is 11.8 Å². The Hall–Kier alpha value is -1.85. The molecule has 2 rings (SSSR count). The third-order valence-corrected chi connectivity index (χ3v) is 3.88. The summed E-state index contributed by atoms with van der Waals surface area (Å²) < 4.78 is 0. The second-order valence-electron chi connectivity index (χ2n) is 5.54. The number of H-pyrrole nitrogens is 1. The summed E-state index contributed by atoms with van der Waals surface area (Å²) in [5.41, 5.74) is 0.996. The molecule has 1 aromatic rings. The number of amides is 1. The highest BCUT2D eigenvalue weighted by molar-refractivity contribution is 6.03. The van der Waals surface area contributed by atoms with Crippen LogP contribution in [-0.4, -0.2) is 27.2 Å². The zero-order valence-corrected chi connectivity index (χ0v) is 11.7. The van der Waals surface area contributed by atoms with Crippen LogP contribution >= 0.6 is 0 Å². The Labute approximate surface area is 118 Å². The molecule has 3 N–H and O–H groups in total. The molecule has 20 heavy (non-hydrogen) atoms. The van der Waals surface area contributed by atoms with E-state index in [4.69, 9.17) is 5.11 Å². The lowest BCUT2D eigenvalue weighted by Gasteiger charge is -2.20. The van der Waals surface area contributed by atoms with Gasteiger partial charge in [0.05, 0.1) is 0 Å². The summed E-state index contributed by atoms with van der Waals surface area (Å²) in [6.07, 6.45) is 7.34. The van der Waals surface area contributed by atoms with Crippen molar-refractivity contribution < 1.29 is 14.7 Å². The highest BCUT2D eigenvalue weighted by Gasteiger charge is 2.21. The minimum atomic E-state index is -1.14. The van der Waals surface area contributed by atoms with E-state index in [2.05, 4.69) is 15.5 Å². The summed E-state index contributed by atoms with van der Waals surface area (Å²) in [4.78, 5) is 22.3. The largest absolute Gasteiger partial charge is 0.481 e. The van der Waals surface area contributed by atoms with Crippen LogP contribution in [-0.2, 0) is 16.0 Å². The number of anilines is 1. The second-order valence-corrected chi connectivity index (χ2v) is 5.54. The van der Waals surface area contributed by atoms with Gasteiger partial charge in [-0.25, -0.2) is 0 Å². The van der Waals surface area contributed by atoms with Crippen molar-refractivity contribution in [2.24, 2.45) is 11.8 Å². The second kappa shape index (κ2) is 6.54. The Kier molecular flexibility index (Phi) is 4.76. The minimum absolute atomic E-state index is 0.397. The number of aromatic amines is 1. The molecule has 0 aromatic carbocycles. The van der Waals surface area contributed by atoms with Crippen molar-refractivity contribution in [3.63, 3.8) is 0 Å². The first-order valence-corrected chi connectivity index (χ1v) is 7.14. The van der Waals surface area contributed by atoms with E-state index in [1.165, 1.54) is 39.0 Å². The number of aliphatic carboxylic acids is 1. The SMILES string of the molecule is CC(C(=O)O)C(=O)Nc1cc(CC2CCCCC2)[nH]n1. The zero-order valence-electron chi connectivity index (χ0n) is 11.7. The quantitative estimate of drug-likeness (QED) is 0.720. The Morgan fingerprint density at radius 2 is 2.15 bits per heavy atom. The lowest BCUT2D eigenvalue weighted by Crippen LogP contribution is -2.27. The summed E-state index contributed by atoms with van der Waals surface area (Å²) in [7, 11) is 0. The van der Waals surface area contributed by atoms with E-state index in [1.54, 1.807) is 6.07 Å².